The number of aryl methyl sites for hydroxylation is 2. The fourth-order valence-corrected chi connectivity index (χ4v) is 13.0. The molecule has 0 unspecified atom stereocenters. The van der Waals surface area contributed by atoms with Crippen LogP contribution in [-0.4, -0.2) is 111 Å². The average Bonchev–Trinajstić information content (AvgIpc) is 3.86. The highest BCUT2D eigenvalue weighted by molar-refractivity contribution is 7.15. The second-order valence-corrected chi connectivity index (χ2v) is 22.9. The number of likely N-dealkylation sites (tertiary alicyclic amines) is 1. The fourth-order valence-electron chi connectivity index (χ4n) is 11.4. The Labute approximate surface area is 450 Å². The van der Waals surface area contributed by atoms with E-state index in [-0.39, 0.29) is 67.7 Å². The number of fused-ring (bicyclic) bond motifs is 4. The Morgan fingerprint density at radius 2 is 1.73 bits per heavy atom. The Kier molecular flexibility index (Phi) is 14.8. The van der Waals surface area contributed by atoms with Crippen LogP contribution in [0.5, 0.6) is 11.6 Å². The third-order valence-electron chi connectivity index (χ3n) is 15.9. The maximum absolute atomic E-state index is 14.9. The monoisotopic (exact) mass is 1080 g/mol. The molecule has 1 saturated heterocycles. The van der Waals surface area contributed by atoms with Crippen LogP contribution in [0.2, 0.25) is 10.0 Å². The van der Waals surface area contributed by atoms with Crippen molar-refractivity contribution in [2.24, 2.45) is 21.7 Å². The van der Waals surface area contributed by atoms with Gasteiger partial charge in [0.15, 0.2) is 5.82 Å². The summed E-state index contributed by atoms with van der Waals surface area (Å²) in [7, 11) is 1.62. The number of nitrogens with one attached hydrogen (secondary N) is 3. The standard InChI is InChI=1S/C55H62Cl2N10O7S/c1-31-32(2)75-52-47(31)49(35-10-12-36(56)13-11-35)62-40(50-64-63-33(3)67(50)52)24-43(68)60-27-44(69)59-21-23-73-45-16-9-34(26-61-45)29-74-42-15-14-39(57)37-17-22-66(51(71)38-8-6-7-18-54(38,4)53(72)58-5)41(48(37)42)28-65-30-55(19-20-55)25-46(65)70/h9-16,26,38,40-41H,6-8,17-25,27-30H2,1-5H3,(H,58,72)(H,59,69)(H,60,68)/t38-,40-,41+,54-/m0/s1. The number of amides is 5. The van der Waals surface area contributed by atoms with Crippen LogP contribution in [0.4, 0.5) is 0 Å². The van der Waals surface area contributed by atoms with Crippen LogP contribution >= 0.6 is 34.5 Å². The van der Waals surface area contributed by atoms with Crippen molar-refractivity contribution in [3.63, 3.8) is 0 Å². The lowest BCUT2D eigenvalue weighted by Gasteiger charge is -2.46. The summed E-state index contributed by atoms with van der Waals surface area (Å²) >= 11 is 14.8. The molecule has 394 valence electrons. The maximum atomic E-state index is 14.9. The topological polar surface area (TPSA) is 202 Å². The minimum Gasteiger partial charge on any atom is -0.488 e. The number of benzene rings is 2. The van der Waals surface area contributed by atoms with Gasteiger partial charge in [-0.1, -0.05) is 48.2 Å². The molecule has 2 aliphatic carbocycles. The molecular formula is C55H62Cl2N10O7S. The van der Waals surface area contributed by atoms with Crippen LogP contribution in [-0.2, 0) is 37.0 Å². The quantitative estimate of drug-likeness (QED) is 0.0831. The molecular weight excluding hydrogens is 1020 g/mol. The molecule has 2 saturated carbocycles. The molecule has 0 bridgehead atoms. The van der Waals surface area contributed by atoms with Gasteiger partial charge in [0.2, 0.25) is 35.4 Å². The molecule has 1 spiro atoms. The van der Waals surface area contributed by atoms with Crippen molar-refractivity contribution in [2.75, 3.05) is 46.4 Å². The lowest BCUT2D eigenvalue weighted by Crippen LogP contribution is -2.54. The van der Waals surface area contributed by atoms with E-state index in [1.165, 1.54) is 0 Å². The first-order chi connectivity index (χ1) is 36.1. The zero-order valence-corrected chi connectivity index (χ0v) is 45.2. The van der Waals surface area contributed by atoms with Crippen LogP contribution in [0.25, 0.3) is 5.00 Å². The van der Waals surface area contributed by atoms with Gasteiger partial charge >= 0.3 is 0 Å². The number of halogens is 2. The number of hydrogen-bond donors (Lipinski definition) is 3. The molecule has 3 aliphatic heterocycles. The molecule has 3 N–H and O–H groups in total. The van der Waals surface area contributed by atoms with Crippen LogP contribution in [0.15, 0.2) is 59.7 Å². The van der Waals surface area contributed by atoms with E-state index in [1.54, 1.807) is 30.6 Å². The molecule has 17 nitrogen and oxygen atoms in total. The van der Waals surface area contributed by atoms with E-state index in [1.807, 2.05) is 70.7 Å². The SMILES string of the molecule is CNC(=O)[C@@]1(C)CCCC[C@H]1C(=O)N1CCc2c(Cl)ccc(OCc3ccc(OCCNC(=O)CNC(=O)C[C@@H]4N=C(c5ccc(Cl)cc5)c5c(sc(C)c5C)-n5c(C)nnc54)nc3)c2[C@H]1CN1CC2(CC2)CC1=O. The first-order valence-electron chi connectivity index (χ1n) is 25.8. The number of aromatic nitrogens is 4. The van der Waals surface area contributed by atoms with Crippen molar-refractivity contribution in [2.45, 2.75) is 104 Å². The van der Waals surface area contributed by atoms with Crippen LogP contribution in [0.3, 0.4) is 0 Å². The van der Waals surface area contributed by atoms with Gasteiger partial charge in [0.25, 0.3) is 0 Å². The van der Waals surface area contributed by atoms with Gasteiger partial charge in [-0.05, 0) is 107 Å². The van der Waals surface area contributed by atoms with E-state index in [0.717, 1.165) is 74.7 Å². The molecule has 0 radical (unpaired) electrons. The third-order valence-corrected chi connectivity index (χ3v) is 17.7. The van der Waals surface area contributed by atoms with Crippen molar-refractivity contribution >= 4 is 69.8 Å². The molecule has 3 fully saturated rings. The Morgan fingerprint density at radius 3 is 2.47 bits per heavy atom. The zero-order chi connectivity index (χ0) is 52.8. The molecule has 3 aromatic heterocycles. The third kappa shape index (κ3) is 10.5. The fraction of sp³-hybridized carbons (Fsp3) is 0.473. The van der Waals surface area contributed by atoms with Gasteiger partial charge < -0.3 is 35.2 Å². The van der Waals surface area contributed by atoms with Gasteiger partial charge in [0, 0.05) is 82.5 Å². The number of pyridine rings is 1. The van der Waals surface area contributed by atoms with Gasteiger partial charge in [0.1, 0.15) is 35.8 Å². The predicted molar refractivity (Wildman–Crippen MR) is 285 cm³/mol. The number of aliphatic imine (C=N–C) groups is 1. The summed E-state index contributed by atoms with van der Waals surface area (Å²) < 4.78 is 14.4. The number of hydrogen-bond acceptors (Lipinski definition) is 12. The van der Waals surface area contributed by atoms with Crippen molar-refractivity contribution < 1.29 is 33.4 Å². The molecule has 5 aromatic rings. The van der Waals surface area contributed by atoms with E-state index >= 15 is 0 Å². The summed E-state index contributed by atoms with van der Waals surface area (Å²) in [6, 6.07) is 13.5. The number of rotatable bonds is 16. The van der Waals surface area contributed by atoms with E-state index in [2.05, 4.69) is 45.0 Å². The van der Waals surface area contributed by atoms with E-state index in [4.69, 9.17) is 37.7 Å². The molecule has 5 aliphatic rings. The lowest BCUT2D eigenvalue weighted by molar-refractivity contribution is -0.153. The van der Waals surface area contributed by atoms with Crippen molar-refractivity contribution in [1.29, 1.82) is 0 Å². The van der Waals surface area contributed by atoms with Gasteiger partial charge in [-0.15, -0.1) is 21.5 Å². The highest BCUT2D eigenvalue weighted by Crippen LogP contribution is 2.54. The Bertz CT molecular complexity index is 3080. The number of carbonyl (C=O) groups is 5. The Hall–Kier alpha value is -6.37. The van der Waals surface area contributed by atoms with Gasteiger partial charge in [0.05, 0.1) is 42.6 Å². The first-order valence-corrected chi connectivity index (χ1v) is 27.4. The number of carbonyl (C=O) groups excluding carboxylic acids is 5. The van der Waals surface area contributed by atoms with Crippen LogP contribution in [0, 0.1) is 37.5 Å². The molecule has 6 heterocycles. The average molecular weight is 1080 g/mol. The normalized spacial score (nSPS) is 21.3. The van der Waals surface area contributed by atoms with Crippen LogP contribution < -0.4 is 25.4 Å². The summed E-state index contributed by atoms with van der Waals surface area (Å²) in [5.41, 5.74) is 5.26. The second-order valence-electron chi connectivity index (χ2n) is 20.9. The number of thiophene rings is 1. The minimum absolute atomic E-state index is 0.0333. The number of nitrogens with zero attached hydrogens (tertiary/aromatic N) is 7. The Morgan fingerprint density at radius 1 is 0.933 bits per heavy atom. The smallest absolute Gasteiger partial charge is 0.239 e. The summed E-state index contributed by atoms with van der Waals surface area (Å²) in [5, 5.41) is 19.3. The summed E-state index contributed by atoms with van der Waals surface area (Å²) in [4.78, 5) is 82.7. The zero-order valence-electron chi connectivity index (χ0n) is 42.9. The van der Waals surface area contributed by atoms with Gasteiger partial charge in [-0.25, -0.2) is 4.98 Å². The highest BCUT2D eigenvalue weighted by Gasteiger charge is 2.54. The summed E-state index contributed by atoms with van der Waals surface area (Å²) in [6.45, 7) is 9.50. The maximum Gasteiger partial charge on any atom is 0.239 e. The van der Waals surface area contributed by atoms with E-state index in [0.29, 0.717) is 78.6 Å². The lowest BCUT2D eigenvalue weighted by atomic mass is 9.66. The number of ether oxygens (including phenoxy) is 2. The molecule has 5 amide bonds. The van der Waals surface area contributed by atoms with E-state index < -0.39 is 23.4 Å². The second kappa shape index (κ2) is 21.3. The molecule has 4 atom stereocenters. The molecule has 20 heteroatoms. The van der Waals surface area contributed by atoms with Crippen molar-refractivity contribution in [3.8, 4) is 16.6 Å². The van der Waals surface area contributed by atoms with Crippen LogP contribution in [0.1, 0.15) is 120 Å². The Balaban J connectivity index is 0.747. The van der Waals surface area contributed by atoms with Crippen molar-refractivity contribution in [3.05, 3.63) is 115 Å². The molecule has 2 aromatic carbocycles. The van der Waals surface area contributed by atoms with E-state index in [9.17, 15) is 24.0 Å². The first kappa shape index (κ1) is 52.1. The van der Waals surface area contributed by atoms with Crippen molar-refractivity contribution in [1.82, 2.24) is 45.5 Å². The summed E-state index contributed by atoms with van der Waals surface area (Å²) in [6.07, 6.45) is 7.64. The summed E-state index contributed by atoms with van der Waals surface area (Å²) in [5.74, 6) is 0.761. The van der Waals surface area contributed by atoms with Gasteiger partial charge in [-0.3, -0.25) is 33.5 Å². The highest BCUT2D eigenvalue weighted by atomic mass is 35.5. The molecule has 10 rings (SSSR count). The molecule has 75 heavy (non-hydrogen) atoms. The predicted octanol–water partition coefficient (Wildman–Crippen LogP) is 7.51. The van der Waals surface area contributed by atoms with Gasteiger partial charge in [-0.2, -0.15) is 0 Å². The largest absolute Gasteiger partial charge is 0.488 e. The minimum atomic E-state index is -0.850.